The summed E-state index contributed by atoms with van der Waals surface area (Å²) in [6.45, 7) is 7.36. The molecule has 4 atom stereocenters. The molecule has 1 saturated carbocycles. The summed E-state index contributed by atoms with van der Waals surface area (Å²) in [6.07, 6.45) is 2.88. The summed E-state index contributed by atoms with van der Waals surface area (Å²) in [5.74, 6) is 0.748. The van der Waals surface area contributed by atoms with E-state index in [1.165, 1.54) is 0 Å². The molecule has 100 valence electrons. The first-order valence-corrected chi connectivity index (χ1v) is 6.69. The molecule has 17 heavy (non-hydrogen) atoms. The maximum Gasteiger partial charge on any atom is 0.223 e. The van der Waals surface area contributed by atoms with Gasteiger partial charge in [-0.1, -0.05) is 6.92 Å². The van der Waals surface area contributed by atoms with E-state index >= 15 is 0 Å². The van der Waals surface area contributed by atoms with Crippen molar-refractivity contribution in [2.24, 2.45) is 17.6 Å². The van der Waals surface area contributed by atoms with Crippen molar-refractivity contribution in [2.75, 3.05) is 13.2 Å². The minimum atomic E-state index is 0.0900. The number of carbonyl (C=O) groups is 1. The lowest BCUT2D eigenvalue weighted by Crippen LogP contribution is -2.42. The van der Waals surface area contributed by atoms with E-state index in [4.69, 9.17) is 10.5 Å². The molecule has 0 saturated heterocycles. The molecule has 0 heterocycles. The van der Waals surface area contributed by atoms with Crippen LogP contribution in [0.15, 0.2) is 0 Å². The topological polar surface area (TPSA) is 64.3 Å². The van der Waals surface area contributed by atoms with E-state index in [2.05, 4.69) is 12.2 Å². The van der Waals surface area contributed by atoms with Crippen molar-refractivity contribution in [3.8, 4) is 0 Å². The Bertz CT molecular complexity index is 246. The van der Waals surface area contributed by atoms with E-state index in [-0.39, 0.29) is 24.0 Å². The van der Waals surface area contributed by atoms with Gasteiger partial charge < -0.3 is 15.8 Å². The van der Waals surface area contributed by atoms with Gasteiger partial charge in [0.15, 0.2) is 0 Å². The van der Waals surface area contributed by atoms with Gasteiger partial charge in [0.05, 0.1) is 6.10 Å². The molecule has 1 fully saturated rings. The van der Waals surface area contributed by atoms with E-state index < -0.39 is 0 Å². The van der Waals surface area contributed by atoms with Gasteiger partial charge in [-0.2, -0.15) is 0 Å². The van der Waals surface area contributed by atoms with Crippen LogP contribution in [0.1, 0.15) is 40.0 Å². The summed E-state index contributed by atoms with van der Waals surface area (Å²) < 4.78 is 5.38. The fourth-order valence-electron chi connectivity index (χ4n) is 2.39. The van der Waals surface area contributed by atoms with E-state index in [1.807, 2.05) is 13.8 Å². The van der Waals surface area contributed by atoms with Gasteiger partial charge in [-0.15, -0.1) is 0 Å². The summed E-state index contributed by atoms with van der Waals surface area (Å²) in [7, 11) is 0. The van der Waals surface area contributed by atoms with E-state index in [0.29, 0.717) is 19.1 Å². The highest BCUT2D eigenvalue weighted by molar-refractivity contribution is 5.78. The van der Waals surface area contributed by atoms with Gasteiger partial charge in [0.1, 0.15) is 0 Å². The quantitative estimate of drug-likeness (QED) is 0.763. The first-order valence-electron chi connectivity index (χ1n) is 6.69. The fraction of sp³-hybridized carbons (Fsp3) is 0.923. The Labute approximate surface area is 104 Å². The Morgan fingerprint density at radius 3 is 2.82 bits per heavy atom. The molecule has 1 aliphatic carbocycles. The fourth-order valence-corrected chi connectivity index (χ4v) is 2.39. The van der Waals surface area contributed by atoms with Crippen molar-refractivity contribution in [3.63, 3.8) is 0 Å². The molecule has 0 bridgehead atoms. The Hall–Kier alpha value is -0.610. The average molecular weight is 242 g/mol. The maximum absolute atomic E-state index is 12.0. The van der Waals surface area contributed by atoms with E-state index in [0.717, 1.165) is 19.3 Å². The number of carbonyl (C=O) groups excluding carboxylic acids is 1. The first-order chi connectivity index (χ1) is 8.04. The minimum Gasteiger partial charge on any atom is -0.377 e. The zero-order valence-corrected chi connectivity index (χ0v) is 11.2. The van der Waals surface area contributed by atoms with Crippen LogP contribution in [0, 0.1) is 11.8 Å². The molecule has 0 spiro atoms. The Balaban J connectivity index is 2.28. The molecular formula is C13H26N2O2. The third kappa shape index (κ3) is 4.64. The molecule has 0 aromatic carbocycles. The highest BCUT2D eigenvalue weighted by Crippen LogP contribution is 2.27. The maximum atomic E-state index is 12.0. The summed E-state index contributed by atoms with van der Waals surface area (Å²) in [4.78, 5) is 12.0. The van der Waals surface area contributed by atoms with Gasteiger partial charge >= 0.3 is 0 Å². The molecule has 4 unspecified atom stereocenters. The molecule has 3 N–H and O–H groups in total. The van der Waals surface area contributed by atoms with Gasteiger partial charge in [-0.05, 0) is 39.0 Å². The number of nitrogens with two attached hydrogens (primary N) is 1. The molecule has 1 aliphatic rings. The molecule has 1 amide bonds. The number of amides is 1. The highest BCUT2D eigenvalue weighted by atomic mass is 16.5. The molecule has 0 aromatic heterocycles. The monoisotopic (exact) mass is 242 g/mol. The number of hydrogen-bond acceptors (Lipinski definition) is 3. The lowest BCUT2D eigenvalue weighted by molar-refractivity contribution is -0.127. The van der Waals surface area contributed by atoms with Crippen LogP contribution in [-0.2, 0) is 9.53 Å². The second-order valence-corrected chi connectivity index (χ2v) is 5.16. The van der Waals surface area contributed by atoms with Crippen molar-refractivity contribution >= 4 is 5.91 Å². The lowest BCUT2D eigenvalue weighted by Gasteiger charge is -2.31. The van der Waals surface area contributed by atoms with Crippen LogP contribution in [0.5, 0.6) is 0 Å². The van der Waals surface area contributed by atoms with Crippen molar-refractivity contribution in [1.82, 2.24) is 5.32 Å². The Morgan fingerprint density at radius 1 is 1.53 bits per heavy atom. The van der Waals surface area contributed by atoms with Crippen molar-refractivity contribution in [1.29, 1.82) is 0 Å². The van der Waals surface area contributed by atoms with Crippen LogP contribution < -0.4 is 11.1 Å². The van der Waals surface area contributed by atoms with Gasteiger partial charge in [0.2, 0.25) is 5.91 Å². The molecule has 0 aliphatic heterocycles. The summed E-state index contributed by atoms with van der Waals surface area (Å²) >= 11 is 0. The molecule has 1 rings (SSSR count). The third-order valence-corrected chi connectivity index (χ3v) is 3.62. The van der Waals surface area contributed by atoms with Crippen molar-refractivity contribution in [3.05, 3.63) is 0 Å². The van der Waals surface area contributed by atoms with Gasteiger partial charge in [-0.25, -0.2) is 0 Å². The number of rotatable bonds is 5. The number of hydrogen-bond donors (Lipinski definition) is 2. The molecule has 4 nitrogen and oxygen atoms in total. The zero-order chi connectivity index (χ0) is 12.8. The van der Waals surface area contributed by atoms with Gasteiger partial charge in [0.25, 0.3) is 0 Å². The van der Waals surface area contributed by atoms with Crippen LogP contribution in [0.2, 0.25) is 0 Å². The SMILES string of the molecule is CCOC(C)CNC(=O)C1CCC(N)C(C)C1. The molecular weight excluding hydrogens is 216 g/mol. The zero-order valence-electron chi connectivity index (χ0n) is 11.2. The summed E-state index contributed by atoms with van der Waals surface area (Å²) in [5, 5.41) is 2.97. The summed E-state index contributed by atoms with van der Waals surface area (Å²) in [6, 6.07) is 0.265. The normalized spacial score (nSPS) is 30.9. The Morgan fingerprint density at radius 2 is 2.24 bits per heavy atom. The van der Waals surface area contributed by atoms with Crippen molar-refractivity contribution in [2.45, 2.75) is 52.2 Å². The predicted molar refractivity (Wildman–Crippen MR) is 68.6 cm³/mol. The van der Waals surface area contributed by atoms with E-state index in [1.54, 1.807) is 0 Å². The van der Waals surface area contributed by atoms with Crippen LogP contribution in [-0.4, -0.2) is 31.2 Å². The summed E-state index contributed by atoms with van der Waals surface area (Å²) in [5.41, 5.74) is 5.95. The average Bonchev–Trinajstić information content (AvgIpc) is 2.30. The Kier molecular flexibility index (Phi) is 5.92. The second kappa shape index (κ2) is 6.97. The van der Waals surface area contributed by atoms with Crippen LogP contribution in [0.3, 0.4) is 0 Å². The van der Waals surface area contributed by atoms with Gasteiger partial charge in [0, 0.05) is 25.1 Å². The largest absolute Gasteiger partial charge is 0.377 e. The second-order valence-electron chi connectivity index (χ2n) is 5.16. The van der Waals surface area contributed by atoms with Gasteiger partial charge in [-0.3, -0.25) is 4.79 Å². The molecule has 0 radical (unpaired) electrons. The standard InChI is InChI=1S/C13H26N2O2/c1-4-17-10(3)8-15-13(16)11-5-6-12(14)9(2)7-11/h9-12H,4-8,14H2,1-3H3,(H,15,16). The minimum absolute atomic E-state index is 0.0900. The first kappa shape index (κ1) is 14.5. The smallest absolute Gasteiger partial charge is 0.223 e. The highest BCUT2D eigenvalue weighted by Gasteiger charge is 2.29. The third-order valence-electron chi connectivity index (χ3n) is 3.62. The van der Waals surface area contributed by atoms with Crippen LogP contribution in [0.25, 0.3) is 0 Å². The van der Waals surface area contributed by atoms with Crippen LogP contribution in [0.4, 0.5) is 0 Å². The number of ether oxygens (including phenoxy) is 1. The molecule has 4 heteroatoms. The number of nitrogens with one attached hydrogen (secondary N) is 1. The van der Waals surface area contributed by atoms with E-state index in [9.17, 15) is 4.79 Å². The van der Waals surface area contributed by atoms with Crippen molar-refractivity contribution < 1.29 is 9.53 Å². The lowest BCUT2D eigenvalue weighted by atomic mass is 9.79. The predicted octanol–water partition coefficient (Wildman–Crippen LogP) is 1.29. The van der Waals surface area contributed by atoms with Crippen LogP contribution >= 0.6 is 0 Å². The molecule has 0 aromatic rings.